The Bertz CT molecular complexity index is 1100. The van der Waals surface area contributed by atoms with E-state index in [0.29, 0.717) is 17.0 Å². The van der Waals surface area contributed by atoms with Gasteiger partial charge in [0.1, 0.15) is 0 Å². The molecule has 28 heavy (non-hydrogen) atoms. The lowest BCUT2D eigenvalue weighted by molar-refractivity contribution is 0.102. The van der Waals surface area contributed by atoms with Gasteiger partial charge in [0.25, 0.3) is 5.91 Å². The van der Waals surface area contributed by atoms with Gasteiger partial charge < -0.3 is 5.32 Å². The highest BCUT2D eigenvalue weighted by Gasteiger charge is 2.15. The van der Waals surface area contributed by atoms with Gasteiger partial charge in [0.2, 0.25) is 10.0 Å². The molecular formula is C20H19N3O3S2. The minimum absolute atomic E-state index is 0.0937. The van der Waals surface area contributed by atoms with Gasteiger partial charge in [0.05, 0.1) is 9.92 Å². The van der Waals surface area contributed by atoms with E-state index in [2.05, 4.69) is 10.3 Å². The van der Waals surface area contributed by atoms with Gasteiger partial charge in [0, 0.05) is 23.2 Å². The molecule has 3 N–H and O–H groups in total. The fourth-order valence-electron chi connectivity index (χ4n) is 2.55. The summed E-state index contributed by atoms with van der Waals surface area (Å²) in [6.07, 6.45) is 1.75. The van der Waals surface area contributed by atoms with Crippen molar-refractivity contribution in [2.45, 2.75) is 22.6 Å². The minimum atomic E-state index is -3.88. The quantitative estimate of drug-likeness (QED) is 0.601. The second-order valence-electron chi connectivity index (χ2n) is 6.13. The second-order valence-corrected chi connectivity index (χ2v) is 8.69. The Morgan fingerprint density at radius 1 is 1.11 bits per heavy atom. The molecule has 2 aromatic carbocycles. The van der Waals surface area contributed by atoms with Crippen LogP contribution in [0.1, 0.15) is 21.5 Å². The lowest BCUT2D eigenvalue weighted by atomic mass is 10.1. The first-order chi connectivity index (χ1) is 13.3. The van der Waals surface area contributed by atoms with Crippen LogP contribution in [0.2, 0.25) is 0 Å². The lowest BCUT2D eigenvalue weighted by Gasteiger charge is -2.10. The summed E-state index contributed by atoms with van der Waals surface area (Å²) in [5.41, 5.74) is 2.58. The number of anilines is 1. The maximum Gasteiger partial charge on any atom is 0.255 e. The summed E-state index contributed by atoms with van der Waals surface area (Å²) in [5.74, 6) is 0.318. The van der Waals surface area contributed by atoms with E-state index in [1.165, 1.54) is 12.1 Å². The lowest BCUT2D eigenvalue weighted by Crippen LogP contribution is -2.17. The van der Waals surface area contributed by atoms with Gasteiger partial charge >= 0.3 is 0 Å². The average molecular weight is 414 g/mol. The van der Waals surface area contributed by atoms with Gasteiger partial charge in [-0.25, -0.2) is 18.5 Å². The number of nitrogens with zero attached hydrogens (tertiary/aromatic N) is 1. The van der Waals surface area contributed by atoms with E-state index in [1.54, 1.807) is 37.0 Å². The van der Waals surface area contributed by atoms with Crippen LogP contribution >= 0.6 is 11.8 Å². The fraction of sp³-hybridized carbons (Fsp3) is 0.100. The molecule has 0 spiro atoms. The second kappa shape index (κ2) is 8.55. The van der Waals surface area contributed by atoms with E-state index in [-0.39, 0.29) is 10.5 Å². The molecule has 0 radical (unpaired) electrons. The predicted octanol–water partition coefficient (Wildman–Crippen LogP) is 3.58. The van der Waals surface area contributed by atoms with E-state index in [9.17, 15) is 13.2 Å². The van der Waals surface area contributed by atoms with E-state index >= 15 is 0 Å². The van der Waals surface area contributed by atoms with Crippen molar-refractivity contribution in [3.63, 3.8) is 0 Å². The SMILES string of the molecule is Cc1ccc(S(N)(=O)=O)cc1C(=O)Nc1cccc(CSc2ccccn2)c1. The van der Waals surface area contributed by atoms with E-state index in [0.717, 1.165) is 10.6 Å². The molecule has 1 heterocycles. The molecular weight excluding hydrogens is 394 g/mol. The number of thioether (sulfide) groups is 1. The average Bonchev–Trinajstić information content (AvgIpc) is 2.67. The van der Waals surface area contributed by atoms with Crippen LogP contribution in [0.3, 0.4) is 0 Å². The number of carbonyl (C=O) groups excluding carboxylic acids is 1. The zero-order valence-corrected chi connectivity index (χ0v) is 16.8. The van der Waals surface area contributed by atoms with Gasteiger partial charge in [-0.3, -0.25) is 4.79 Å². The predicted molar refractivity (Wildman–Crippen MR) is 111 cm³/mol. The van der Waals surface area contributed by atoms with Crippen molar-refractivity contribution in [2.75, 3.05) is 5.32 Å². The topological polar surface area (TPSA) is 102 Å². The minimum Gasteiger partial charge on any atom is -0.322 e. The molecule has 3 aromatic rings. The number of amides is 1. The summed E-state index contributed by atoms with van der Waals surface area (Å²) in [7, 11) is -3.88. The fourth-order valence-corrected chi connectivity index (χ4v) is 3.89. The number of primary sulfonamides is 1. The molecule has 1 aromatic heterocycles. The Balaban J connectivity index is 1.74. The number of hydrogen-bond donors (Lipinski definition) is 2. The molecule has 0 aliphatic heterocycles. The van der Waals surface area contributed by atoms with Crippen molar-refractivity contribution < 1.29 is 13.2 Å². The summed E-state index contributed by atoms with van der Waals surface area (Å²) in [6.45, 7) is 1.74. The molecule has 8 heteroatoms. The highest BCUT2D eigenvalue weighted by Crippen LogP contribution is 2.23. The third kappa shape index (κ3) is 5.19. The van der Waals surface area contributed by atoms with Crippen molar-refractivity contribution in [1.29, 1.82) is 0 Å². The first-order valence-electron chi connectivity index (χ1n) is 8.40. The molecule has 0 saturated carbocycles. The largest absolute Gasteiger partial charge is 0.322 e. The monoisotopic (exact) mass is 413 g/mol. The molecule has 0 bridgehead atoms. The number of nitrogens with two attached hydrogens (primary N) is 1. The van der Waals surface area contributed by atoms with Crippen molar-refractivity contribution in [3.8, 4) is 0 Å². The molecule has 144 valence electrons. The van der Waals surface area contributed by atoms with Crippen LogP contribution in [0.25, 0.3) is 0 Å². The number of pyridine rings is 1. The molecule has 0 atom stereocenters. The Hall–Kier alpha value is -2.68. The molecule has 1 amide bonds. The molecule has 3 rings (SSSR count). The molecule has 6 nitrogen and oxygen atoms in total. The number of aryl methyl sites for hydroxylation is 1. The maximum atomic E-state index is 12.6. The molecule has 0 aliphatic rings. The summed E-state index contributed by atoms with van der Waals surface area (Å²) < 4.78 is 23.1. The van der Waals surface area contributed by atoms with Crippen LogP contribution in [-0.2, 0) is 15.8 Å². The standard InChI is InChI=1S/C20H19N3O3S2/c1-14-8-9-17(28(21,25)26)12-18(14)20(24)23-16-6-4-5-15(11-16)13-27-19-7-2-3-10-22-19/h2-12H,13H2,1H3,(H,23,24)(H2,21,25,26). The zero-order chi connectivity index (χ0) is 20.1. The van der Waals surface area contributed by atoms with Crippen molar-refractivity contribution in [1.82, 2.24) is 4.98 Å². The highest BCUT2D eigenvalue weighted by atomic mass is 32.2. The van der Waals surface area contributed by atoms with Crippen LogP contribution in [0.4, 0.5) is 5.69 Å². The van der Waals surface area contributed by atoms with Gasteiger partial charge in [0.15, 0.2) is 0 Å². The maximum absolute atomic E-state index is 12.6. The van der Waals surface area contributed by atoms with Gasteiger partial charge in [-0.2, -0.15) is 0 Å². The number of nitrogens with one attached hydrogen (secondary N) is 1. The van der Waals surface area contributed by atoms with Crippen LogP contribution in [0.5, 0.6) is 0 Å². The van der Waals surface area contributed by atoms with E-state index < -0.39 is 15.9 Å². The Kier molecular flexibility index (Phi) is 6.13. The Morgan fingerprint density at radius 3 is 2.64 bits per heavy atom. The van der Waals surface area contributed by atoms with Crippen LogP contribution in [0.15, 0.2) is 76.8 Å². The van der Waals surface area contributed by atoms with Crippen molar-refractivity contribution in [3.05, 3.63) is 83.6 Å². The number of carbonyl (C=O) groups is 1. The van der Waals surface area contributed by atoms with Crippen LogP contribution in [0, 0.1) is 6.92 Å². The molecule has 0 aliphatic carbocycles. The summed E-state index contributed by atoms with van der Waals surface area (Å²) in [6, 6.07) is 17.5. The van der Waals surface area contributed by atoms with Gasteiger partial charge in [-0.1, -0.05) is 24.3 Å². The number of hydrogen-bond acceptors (Lipinski definition) is 5. The van der Waals surface area contributed by atoms with Crippen molar-refractivity contribution in [2.24, 2.45) is 5.14 Å². The zero-order valence-electron chi connectivity index (χ0n) is 15.1. The van der Waals surface area contributed by atoms with E-state index in [4.69, 9.17) is 5.14 Å². The van der Waals surface area contributed by atoms with Gasteiger partial charge in [-0.15, -0.1) is 11.8 Å². The van der Waals surface area contributed by atoms with Crippen LogP contribution in [-0.4, -0.2) is 19.3 Å². The number of sulfonamides is 1. The summed E-state index contributed by atoms with van der Waals surface area (Å²) >= 11 is 1.60. The van der Waals surface area contributed by atoms with Crippen LogP contribution < -0.4 is 10.5 Å². The summed E-state index contributed by atoms with van der Waals surface area (Å²) in [4.78, 5) is 16.8. The van der Waals surface area contributed by atoms with Gasteiger partial charge in [-0.05, 0) is 54.4 Å². The first-order valence-corrected chi connectivity index (χ1v) is 10.9. The highest BCUT2D eigenvalue weighted by molar-refractivity contribution is 7.98. The number of aromatic nitrogens is 1. The normalized spacial score (nSPS) is 11.2. The summed E-state index contributed by atoms with van der Waals surface area (Å²) in [5, 5.41) is 8.90. The first kappa shape index (κ1) is 20.1. The van der Waals surface area contributed by atoms with Crippen molar-refractivity contribution >= 4 is 33.4 Å². The Morgan fingerprint density at radius 2 is 1.93 bits per heavy atom. The third-order valence-corrected chi connectivity index (χ3v) is 5.92. The van der Waals surface area contributed by atoms with E-state index in [1.807, 2.05) is 36.4 Å². The Labute approximate surface area is 168 Å². The smallest absolute Gasteiger partial charge is 0.255 e. The number of rotatable bonds is 6. The molecule has 0 unspecified atom stereocenters. The number of benzene rings is 2. The third-order valence-electron chi connectivity index (χ3n) is 3.99. The molecule has 0 saturated heterocycles. The molecule has 0 fully saturated rings.